The molecule has 2 rings (SSSR count). The highest BCUT2D eigenvalue weighted by atomic mass is 19.2. The molecule has 1 aromatic rings. The van der Waals surface area contributed by atoms with Gasteiger partial charge in [0.1, 0.15) is 0 Å². The first kappa shape index (κ1) is 17.1. The molecule has 0 spiro atoms. The van der Waals surface area contributed by atoms with Crippen molar-refractivity contribution >= 4 is 11.9 Å². The summed E-state index contributed by atoms with van der Waals surface area (Å²) in [6.45, 7) is 3.02. The van der Waals surface area contributed by atoms with Gasteiger partial charge in [-0.1, -0.05) is 6.07 Å². The number of hydrogen-bond donors (Lipinski definition) is 1. The van der Waals surface area contributed by atoms with E-state index in [1.165, 1.54) is 24.0 Å². The maximum atomic E-state index is 13.6. The molecule has 1 saturated heterocycles. The molecule has 8 heteroatoms. The Bertz CT molecular complexity index is 589. The third-order valence-electron chi connectivity index (χ3n) is 3.61. The number of hydrogen-bond acceptors (Lipinski definition) is 4. The molecule has 1 heterocycles. The first-order valence-electron chi connectivity index (χ1n) is 7.22. The molecule has 1 amide bonds. The van der Waals surface area contributed by atoms with E-state index < -0.39 is 23.7 Å². The molecule has 0 aromatic heterocycles. The number of carboxylic acids is 1. The predicted octanol–water partition coefficient (Wildman–Crippen LogP) is 0.961. The third kappa shape index (κ3) is 4.38. The van der Waals surface area contributed by atoms with Gasteiger partial charge in [0.05, 0.1) is 6.54 Å². The van der Waals surface area contributed by atoms with Gasteiger partial charge in [0.15, 0.2) is 17.7 Å². The molecule has 126 valence electrons. The molecule has 1 fully saturated rings. The van der Waals surface area contributed by atoms with E-state index >= 15 is 0 Å². The molecule has 1 N–H and O–H groups in total. The molecule has 0 unspecified atom stereocenters. The summed E-state index contributed by atoms with van der Waals surface area (Å²) >= 11 is 0. The van der Waals surface area contributed by atoms with Crippen LogP contribution in [0.4, 0.5) is 8.78 Å². The van der Waals surface area contributed by atoms with E-state index in [1.54, 1.807) is 4.90 Å². The van der Waals surface area contributed by atoms with Crippen LogP contribution >= 0.6 is 0 Å². The lowest BCUT2D eigenvalue weighted by Gasteiger charge is -2.35. The monoisotopic (exact) mass is 328 g/mol. The Morgan fingerprint density at radius 1 is 1.26 bits per heavy atom. The maximum absolute atomic E-state index is 13.6. The number of piperazine rings is 1. The number of aliphatic carboxylic acids is 1. The number of rotatable bonds is 5. The first-order chi connectivity index (χ1) is 10.9. The van der Waals surface area contributed by atoms with Crippen LogP contribution in [0.2, 0.25) is 0 Å². The number of carbonyl (C=O) groups is 2. The van der Waals surface area contributed by atoms with Crippen molar-refractivity contribution in [3.05, 3.63) is 29.8 Å². The molecule has 1 atom stereocenters. The Morgan fingerprint density at radius 2 is 1.91 bits per heavy atom. The summed E-state index contributed by atoms with van der Waals surface area (Å²) in [5.41, 5.74) is 0. The highest BCUT2D eigenvalue weighted by Gasteiger charge is 2.27. The van der Waals surface area contributed by atoms with Gasteiger partial charge in [-0.05, 0) is 19.1 Å². The number of carbonyl (C=O) groups excluding carboxylic acids is 1. The van der Waals surface area contributed by atoms with Crippen LogP contribution in [0.5, 0.6) is 5.75 Å². The molecule has 0 saturated carbocycles. The maximum Gasteiger partial charge on any atom is 0.317 e. The van der Waals surface area contributed by atoms with Crippen molar-refractivity contribution in [3.63, 3.8) is 0 Å². The summed E-state index contributed by atoms with van der Waals surface area (Å²) in [4.78, 5) is 26.2. The van der Waals surface area contributed by atoms with Crippen molar-refractivity contribution in [1.29, 1.82) is 0 Å². The molecule has 23 heavy (non-hydrogen) atoms. The number of ether oxygens (including phenoxy) is 1. The highest BCUT2D eigenvalue weighted by molar-refractivity contribution is 5.81. The Balaban J connectivity index is 1.91. The summed E-state index contributed by atoms with van der Waals surface area (Å²) in [6.07, 6.45) is -0.961. The largest absolute Gasteiger partial charge is 0.480 e. The quantitative estimate of drug-likeness (QED) is 0.872. The van der Waals surface area contributed by atoms with Crippen molar-refractivity contribution in [2.24, 2.45) is 0 Å². The Morgan fingerprint density at radius 3 is 2.52 bits per heavy atom. The predicted molar refractivity (Wildman–Crippen MR) is 77.1 cm³/mol. The third-order valence-corrected chi connectivity index (χ3v) is 3.61. The summed E-state index contributed by atoms with van der Waals surface area (Å²) in [5, 5.41) is 8.73. The van der Waals surface area contributed by atoms with Gasteiger partial charge in [-0.3, -0.25) is 14.5 Å². The molecular weight excluding hydrogens is 310 g/mol. The summed E-state index contributed by atoms with van der Waals surface area (Å²) in [7, 11) is 0. The molecule has 0 aliphatic carbocycles. The van der Waals surface area contributed by atoms with E-state index in [9.17, 15) is 18.4 Å². The van der Waals surface area contributed by atoms with Crippen LogP contribution < -0.4 is 4.74 Å². The topological polar surface area (TPSA) is 70.1 Å². The molecule has 6 nitrogen and oxygen atoms in total. The lowest BCUT2D eigenvalue weighted by molar-refractivity contribution is -0.141. The zero-order valence-electron chi connectivity index (χ0n) is 12.7. The fourth-order valence-corrected chi connectivity index (χ4v) is 2.39. The lowest BCUT2D eigenvalue weighted by atomic mass is 10.2. The van der Waals surface area contributed by atoms with Crippen LogP contribution in [-0.4, -0.2) is 65.6 Å². The van der Waals surface area contributed by atoms with Crippen LogP contribution in [0.25, 0.3) is 0 Å². The minimum Gasteiger partial charge on any atom is -0.480 e. The molecule has 1 aliphatic rings. The Kier molecular flexibility index (Phi) is 5.49. The number of carboxylic acid groups (broad SMARTS) is 1. The van der Waals surface area contributed by atoms with Crippen LogP contribution in [-0.2, 0) is 9.59 Å². The SMILES string of the molecule is C[C@H](Oc1cccc(F)c1F)C(=O)N1CCN(CC(=O)O)CC1. The van der Waals surface area contributed by atoms with Crippen LogP contribution in [0.1, 0.15) is 6.92 Å². The fourth-order valence-electron chi connectivity index (χ4n) is 2.39. The van der Waals surface area contributed by atoms with Gasteiger partial charge in [0.25, 0.3) is 5.91 Å². The van der Waals surface area contributed by atoms with Gasteiger partial charge in [0.2, 0.25) is 5.82 Å². The number of nitrogens with zero attached hydrogens (tertiary/aromatic N) is 2. The highest BCUT2D eigenvalue weighted by Crippen LogP contribution is 2.21. The molecule has 0 bridgehead atoms. The second-order valence-electron chi connectivity index (χ2n) is 5.31. The minimum atomic E-state index is -1.13. The summed E-state index contributed by atoms with van der Waals surface area (Å²) in [6, 6.07) is 3.53. The summed E-state index contributed by atoms with van der Waals surface area (Å²) < 4.78 is 31.9. The number of halogens is 2. The smallest absolute Gasteiger partial charge is 0.317 e. The second-order valence-corrected chi connectivity index (χ2v) is 5.31. The number of benzene rings is 1. The molecule has 0 radical (unpaired) electrons. The van der Waals surface area contributed by atoms with Gasteiger partial charge >= 0.3 is 5.97 Å². The normalized spacial score (nSPS) is 16.9. The standard InChI is InChI=1S/C15H18F2N2O4/c1-10(23-12-4-2-3-11(16)14(12)17)15(22)19-7-5-18(6-8-19)9-13(20)21/h2-4,10H,5-9H2,1H3,(H,20,21)/t10-/m0/s1. The van der Waals surface area contributed by atoms with Gasteiger partial charge in [-0.2, -0.15) is 4.39 Å². The van der Waals surface area contributed by atoms with Crippen LogP contribution in [0.15, 0.2) is 18.2 Å². The zero-order chi connectivity index (χ0) is 17.0. The minimum absolute atomic E-state index is 0.0669. The Hall–Kier alpha value is -2.22. The van der Waals surface area contributed by atoms with E-state index in [2.05, 4.69) is 0 Å². The molecular formula is C15H18F2N2O4. The lowest BCUT2D eigenvalue weighted by Crippen LogP contribution is -2.52. The van der Waals surface area contributed by atoms with Crippen molar-refractivity contribution < 1.29 is 28.2 Å². The van der Waals surface area contributed by atoms with E-state index in [4.69, 9.17) is 9.84 Å². The second kappa shape index (κ2) is 7.36. The van der Waals surface area contributed by atoms with E-state index in [0.29, 0.717) is 26.2 Å². The van der Waals surface area contributed by atoms with Crippen molar-refractivity contribution in [2.75, 3.05) is 32.7 Å². The van der Waals surface area contributed by atoms with E-state index in [-0.39, 0.29) is 18.2 Å². The van der Waals surface area contributed by atoms with Crippen molar-refractivity contribution in [1.82, 2.24) is 9.80 Å². The summed E-state index contributed by atoms with van der Waals surface area (Å²) in [5.74, 6) is -3.73. The van der Waals surface area contributed by atoms with E-state index in [0.717, 1.165) is 6.07 Å². The van der Waals surface area contributed by atoms with Gasteiger partial charge in [-0.15, -0.1) is 0 Å². The first-order valence-corrected chi connectivity index (χ1v) is 7.22. The Labute approximate surface area is 132 Å². The van der Waals surface area contributed by atoms with Gasteiger partial charge in [-0.25, -0.2) is 4.39 Å². The van der Waals surface area contributed by atoms with Gasteiger partial charge < -0.3 is 14.7 Å². The average molecular weight is 328 g/mol. The van der Waals surface area contributed by atoms with Crippen molar-refractivity contribution in [2.45, 2.75) is 13.0 Å². The van der Waals surface area contributed by atoms with Crippen molar-refractivity contribution in [3.8, 4) is 5.75 Å². The molecule has 1 aromatic carbocycles. The van der Waals surface area contributed by atoms with Crippen LogP contribution in [0, 0.1) is 11.6 Å². The van der Waals surface area contributed by atoms with Crippen LogP contribution in [0.3, 0.4) is 0 Å². The fraction of sp³-hybridized carbons (Fsp3) is 0.467. The van der Waals surface area contributed by atoms with E-state index in [1.807, 2.05) is 0 Å². The average Bonchev–Trinajstić information content (AvgIpc) is 2.51. The molecule has 1 aliphatic heterocycles. The van der Waals surface area contributed by atoms with Gasteiger partial charge in [0, 0.05) is 26.2 Å². The number of amides is 1. The zero-order valence-corrected chi connectivity index (χ0v) is 12.7.